The smallest absolute Gasteiger partial charge is 0.00145 e. The largest absolute Gasteiger partial charge is 0.316 e. The molecule has 1 saturated heterocycles. The number of hydrogen-bond acceptors (Lipinski definition) is 1. The Balaban J connectivity index is 2.32. The van der Waals surface area contributed by atoms with Crippen LogP contribution in [0.5, 0.6) is 0 Å². The van der Waals surface area contributed by atoms with E-state index in [1.54, 1.807) is 0 Å². The topological polar surface area (TPSA) is 12.0 Å². The van der Waals surface area contributed by atoms with Crippen LogP contribution in [0.25, 0.3) is 0 Å². The van der Waals surface area contributed by atoms with E-state index in [1.165, 1.54) is 19.5 Å². The van der Waals surface area contributed by atoms with Gasteiger partial charge in [0, 0.05) is 0 Å². The van der Waals surface area contributed by atoms with Gasteiger partial charge in [0.25, 0.3) is 0 Å². The van der Waals surface area contributed by atoms with Crippen molar-refractivity contribution in [1.82, 2.24) is 5.32 Å². The van der Waals surface area contributed by atoms with Gasteiger partial charge in [0.1, 0.15) is 0 Å². The van der Waals surface area contributed by atoms with Crippen LogP contribution in [-0.4, -0.2) is 13.1 Å². The summed E-state index contributed by atoms with van der Waals surface area (Å²) in [5, 5.41) is 3.38. The lowest BCUT2D eigenvalue weighted by atomic mass is 9.93. The highest BCUT2D eigenvalue weighted by molar-refractivity contribution is 4.89. The average molecular weight is 139 g/mol. The zero-order chi connectivity index (χ0) is 7.40. The molecular formula is C9H17N. The zero-order valence-electron chi connectivity index (χ0n) is 6.93. The number of hydrogen-bond donors (Lipinski definition) is 1. The monoisotopic (exact) mass is 139 g/mol. The fourth-order valence-corrected chi connectivity index (χ4v) is 1.59. The van der Waals surface area contributed by atoms with Crippen LogP contribution in [0.2, 0.25) is 0 Å². The predicted octanol–water partition coefficient (Wildman–Crippen LogP) is 1.81. The van der Waals surface area contributed by atoms with Crippen LogP contribution >= 0.6 is 0 Å². The molecule has 0 bridgehead atoms. The minimum Gasteiger partial charge on any atom is -0.316 e. The van der Waals surface area contributed by atoms with Crippen LogP contribution in [0.3, 0.4) is 0 Å². The Morgan fingerprint density at radius 2 is 2.40 bits per heavy atom. The third kappa shape index (κ3) is 1.84. The van der Waals surface area contributed by atoms with Gasteiger partial charge in [-0.05, 0) is 38.3 Å². The molecule has 0 spiro atoms. The van der Waals surface area contributed by atoms with Gasteiger partial charge in [-0.3, -0.25) is 0 Å². The molecular weight excluding hydrogens is 122 g/mol. The molecule has 1 aliphatic rings. The molecule has 0 aromatic carbocycles. The summed E-state index contributed by atoms with van der Waals surface area (Å²) in [7, 11) is 0. The minimum absolute atomic E-state index is 0.764. The van der Waals surface area contributed by atoms with E-state index in [0.29, 0.717) is 0 Å². The first-order valence-corrected chi connectivity index (χ1v) is 4.18. The molecule has 0 amide bonds. The molecule has 1 heterocycles. The summed E-state index contributed by atoms with van der Waals surface area (Å²) < 4.78 is 0. The number of allylic oxidation sites excluding steroid dienone is 2. The van der Waals surface area contributed by atoms with E-state index in [0.717, 1.165) is 11.8 Å². The highest BCUT2D eigenvalue weighted by atomic mass is 14.9. The SMILES string of the molecule is C/C=C\[C@@H](C)C1CCNC1. The van der Waals surface area contributed by atoms with Crippen molar-refractivity contribution in [2.75, 3.05) is 13.1 Å². The molecule has 0 aliphatic carbocycles. The Bertz CT molecular complexity index is 112. The Morgan fingerprint density at radius 1 is 1.60 bits per heavy atom. The van der Waals surface area contributed by atoms with Crippen molar-refractivity contribution in [1.29, 1.82) is 0 Å². The molecule has 1 unspecified atom stereocenters. The van der Waals surface area contributed by atoms with E-state index in [1.807, 2.05) is 0 Å². The van der Waals surface area contributed by atoms with Crippen molar-refractivity contribution in [3.8, 4) is 0 Å². The van der Waals surface area contributed by atoms with Crippen molar-refractivity contribution in [2.45, 2.75) is 20.3 Å². The fraction of sp³-hybridized carbons (Fsp3) is 0.778. The third-order valence-electron chi connectivity index (χ3n) is 2.34. The van der Waals surface area contributed by atoms with Gasteiger partial charge in [0.15, 0.2) is 0 Å². The minimum atomic E-state index is 0.764. The maximum Gasteiger partial charge on any atom is -0.00145 e. The van der Waals surface area contributed by atoms with E-state index in [-0.39, 0.29) is 0 Å². The first-order valence-electron chi connectivity index (χ1n) is 4.18. The number of nitrogens with one attached hydrogen (secondary N) is 1. The average Bonchev–Trinajstić information content (AvgIpc) is 2.38. The van der Waals surface area contributed by atoms with Gasteiger partial charge in [-0.15, -0.1) is 0 Å². The highest BCUT2D eigenvalue weighted by Gasteiger charge is 2.18. The lowest BCUT2D eigenvalue weighted by Gasteiger charge is -2.12. The van der Waals surface area contributed by atoms with Crippen LogP contribution < -0.4 is 5.32 Å². The Labute approximate surface area is 63.5 Å². The predicted molar refractivity (Wildman–Crippen MR) is 45.0 cm³/mol. The van der Waals surface area contributed by atoms with E-state index < -0.39 is 0 Å². The summed E-state index contributed by atoms with van der Waals surface area (Å²) in [6.07, 6.45) is 5.81. The van der Waals surface area contributed by atoms with Crippen LogP contribution in [0.15, 0.2) is 12.2 Å². The van der Waals surface area contributed by atoms with Gasteiger partial charge in [0.05, 0.1) is 0 Å². The second kappa shape index (κ2) is 3.77. The van der Waals surface area contributed by atoms with Crippen LogP contribution in [0, 0.1) is 11.8 Å². The molecule has 1 aliphatic heterocycles. The Hall–Kier alpha value is -0.300. The fourth-order valence-electron chi connectivity index (χ4n) is 1.59. The molecule has 2 atom stereocenters. The summed E-state index contributed by atoms with van der Waals surface area (Å²) in [6.45, 7) is 6.83. The molecule has 0 radical (unpaired) electrons. The van der Waals surface area contributed by atoms with E-state index >= 15 is 0 Å². The summed E-state index contributed by atoms with van der Waals surface area (Å²) in [4.78, 5) is 0. The van der Waals surface area contributed by atoms with Crippen molar-refractivity contribution >= 4 is 0 Å². The normalized spacial score (nSPS) is 29.6. The maximum absolute atomic E-state index is 3.38. The molecule has 1 heteroatoms. The molecule has 0 aromatic rings. The van der Waals surface area contributed by atoms with Gasteiger partial charge in [-0.1, -0.05) is 19.1 Å². The van der Waals surface area contributed by atoms with Crippen molar-refractivity contribution in [2.24, 2.45) is 11.8 Å². The van der Waals surface area contributed by atoms with E-state index in [2.05, 4.69) is 31.3 Å². The summed E-state index contributed by atoms with van der Waals surface area (Å²) in [5.74, 6) is 1.65. The van der Waals surface area contributed by atoms with Crippen LogP contribution in [0.4, 0.5) is 0 Å². The second-order valence-corrected chi connectivity index (χ2v) is 3.14. The van der Waals surface area contributed by atoms with Gasteiger partial charge in [-0.25, -0.2) is 0 Å². The Morgan fingerprint density at radius 3 is 2.90 bits per heavy atom. The van der Waals surface area contributed by atoms with Gasteiger partial charge < -0.3 is 5.32 Å². The van der Waals surface area contributed by atoms with Crippen molar-refractivity contribution in [3.05, 3.63) is 12.2 Å². The first-order chi connectivity index (χ1) is 4.84. The zero-order valence-corrected chi connectivity index (χ0v) is 6.93. The molecule has 1 nitrogen and oxygen atoms in total. The first kappa shape index (κ1) is 7.80. The van der Waals surface area contributed by atoms with Gasteiger partial charge in [-0.2, -0.15) is 0 Å². The Kier molecular flexibility index (Phi) is 2.94. The molecule has 1 fully saturated rings. The lowest BCUT2D eigenvalue weighted by Crippen LogP contribution is -2.13. The summed E-state index contributed by atoms with van der Waals surface area (Å²) in [5.41, 5.74) is 0. The summed E-state index contributed by atoms with van der Waals surface area (Å²) >= 11 is 0. The second-order valence-electron chi connectivity index (χ2n) is 3.14. The molecule has 0 saturated carbocycles. The van der Waals surface area contributed by atoms with Gasteiger partial charge >= 0.3 is 0 Å². The molecule has 1 rings (SSSR count). The molecule has 1 N–H and O–H groups in total. The van der Waals surface area contributed by atoms with E-state index in [9.17, 15) is 0 Å². The quantitative estimate of drug-likeness (QED) is 0.575. The molecule has 0 aromatic heterocycles. The lowest BCUT2D eigenvalue weighted by molar-refractivity contribution is 0.459. The van der Waals surface area contributed by atoms with Gasteiger partial charge in [0.2, 0.25) is 0 Å². The summed E-state index contributed by atoms with van der Waals surface area (Å²) in [6, 6.07) is 0. The maximum atomic E-state index is 3.38. The standard InChI is InChI=1S/C9H17N/c1-3-4-8(2)9-5-6-10-7-9/h3-4,8-10H,5-7H2,1-2H3/b4-3-/t8-,9?/m1/s1. The highest BCUT2D eigenvalue weighted by Crippen LogP contribution is 2.19. The van der Waals surface area contributed by atoms with Crippen molar-refractivity contribution < 1.29 is 0 Å². The van der Waals surface area contributed by atoms with E-state index in [4.69, 9.17) is 0 Å². The van der Waals surface area contributed by atoms with Crippen LogP contribution in [0.1, 0.15) is 20.3 Å². The number of rotatable bonds is 2. The third-order valence-corrected chi connectivity index (χ3v) is 2.34. The van der Waals surface area contributed by atoms with Crippen molar-refractivity contribution in [3.63, 3.8) is 0 Å². The molecule has 10 heavy (non-hydrogen) atoms. The molecule has 58 valence electrons. The van der Waals surface area contributed by atoms with Crippen LogP contribution in [-0.2, 0) is 0 Å².